The summed E-state index contributed by atoms with van der Waals surface area (Å²) in [5, 5.41) is 34.5. The molecule has 72 heavy (non-hydrogen) atoms. The molecule has 8 amide bonds. The standard InChI is InChI=1S/C49H44FN13O9/c50-34-13-10-28(23-36-30-4-1-2-5-31(30)45(68)60-55-36)22-33(34)47(70)62-20-18-61(19-21-62)42(67)16-17-51-40(65)24-27-8-11-29(12-9-27)44-58-56-38(57-59-44)25-53-41(66)26-52-35-7-3-6-32-43(35)49(72)63(48(32)71)37-14-15-39(64)54-46(37)69/h1-13,22,37,52H,14-21,23-26H2,(H,51,65)(H,53,66)(H,60,68)(H,54,64,69). The van der Waals surface area contributed by atoms with Gasteiger partial charge in [-0.2, -0.15) is 5.10 Å². The van der Waals surface area contributed by atoms with Crippen LogP contribution in [0.2, 0.25) is 0 Å². The molecule has 3 aliphatic rings. The van der Waals surface area contributed by atoms with Crippen LogP contribution in [0.15, 0.2) is 89.7 Å². The lowest BCUT2D eigenvalue weighted by atomic mass is 10.0. The van der Waals surface area contributed by atoms with Crippen LogP contribution >= 0.6 is 0 Å². The van der Waals surface area contributed by atoms with Gasteiger partial charge in [-0.25, -0.2) is 9.49 Å². The van der Waals surface area contributed by atoms with Crippen molar-refractivity contribution in [3.05, 3.63) is 140 Å². The van der Waals surface area contributed by atoms with Crippen molar-refractivity contribution in [2.45, 2.75) is 44.7 Å². The predicted octanol–water partition coefficient (Wildman–Crippen LogP) is 1.06. The second-order valence-electron chi connectivity index (χ2n) is 17.1. The number of piperazine rings is 1. The van der Waals surface area contributed by atoms with E-state index in [2.05, 4.69) is 51.9 Å². The van der Waals surface area contributed by atoms with Gasteiger partial charge in [0.1, 0.15) is 11.9 Å². The lowest BCUT2D eigenvalue weighted by molar-refractivity contribution is -0.136. The Morgan fingerprint density at radius 1 is 0.750 bits per heavy atom. The molecular formula is C49H44FN13O9. The second-order valence-corrected chi connectivity index (χ2v) is 17.1. The highest BCUT2D eigenvalue weighted by molar-refractivity contribution is 6.25. The lowest BCUT2D eigenvalue weighted by Gasteiger charge is -2.35. The highest BCUT2D eigenvalue weighted by atomic mass is 19.1. The Morgan fingerprint density at radius 2 is 1.47 bits per heavy atom. The van der Waals surface area contributed by atoms with Crippen LogP contribution in [-0.4, -0.2) is 138 Å². The molecule has 5 N–H and O–H groups in total. The molecule has 0 spiro atoms. The average Bonchev–Trinajstić information content (AvgIpc) is 3.65. The van der Waals surface area contributed by atoms with Crippen molar-refractivity contribution in [1.29, 1.82) is 0 Å². The van der Waals surface area contributed by atoms with Gasteiger partial charge in [0.05, 0.1) is 47.3 Å². The maximum atomic E-state index is 15.0. The summed E-state index contributed by atoms with van der Waals surface area (Å²) in [6.07, 6.45) is 0.345. The molecule has 9 rings (SSSR count). The number of anilines is 1. The number of aromatic nitrogens is 6. The smallest absolute Gasteiger partial charge is 0.272 e. The maximum absolute atomic E-state index is 15.0. The Morgan fingerprint density at radius 3 is 2.22 bits per heavy atom. The summed E-state index contributed by atoms with van der Waals surface area (Å²) in [5.41, 5.74) is 2.36. The number of aromatic amines is 1. The largest absolute Gasteiger partial charge is 0.375 e. The highest BCUT2D eigenvalue weighted by Gasteiger charge is 2.45. The van der Waals surface area contributed by atoms with Gasteiger partial charge in [0.2, 0.25) is 35.4 Å². The molecule has 5 heterocycles. The van der Waals surface area contributed by atoms with E-state index in [1.807, 2.05) is 0 Å². The Bertz CT molecular complexity index is 3230. The first-order chi connectivity index (χ1) is 34.8. The molecule has 22 nitrogen and oxygen atoms in total. The molecule has 0 aliphatic carbocycles. The summed E-state index contributed by atoms with van der Waals surface area (Å²) in [6, 6.07) is 21.6. The van der Waals surface area contributed by atoms with Gasteiger partial charge in [0.15, 0.2) is 5.82 Å². The minimum Gasteiger partial charge on any atom is -0.375 e. The fourth-order valence-electron chi connectivity index (χ4n) is 8.68. The van der Waals surface area contributed by atoms with E-state index in [4.69, 9.17) is 0 Å². The van der Waals surface area contributed by atoms with E-state index in [9.17, 15) is 47.5 Å². The minimum absolute atomic E-state index is 0.0112. The molecule has 366 valence electrons. The number of halogens is 1. The number of nitrogens with zero attached hydrogens (tertiary/aromatic N) is 8. The summed E-state index contributed by atoms with van der Waals surface area (Å²) in [5.74, 6) is -4.44. The zero-order valence-corrected chi connectivity index (χ0v) is 38.3. The molecule has 6 aromatic rings. The van der Waals surface area contributed by atoms with Crippen LogP contribution in [0.3, 0.4) is 0 Å². The third-order valence-corrected chi connectivity index (χ3v) is 12.4. The van der Waals surface area contributed by atoms with Crippen molar-refractivity contribution in [1.82, 2.24) is 61.2 Å². The molecule has 1 atom stereocenters. The lowest BCUT2D eigenvalue weighted by Crippen LogP contribution is -2.54. The van der Waals surface area contributed by atoms with E-state index < -0.39 is 47.3 Å². The number of carbonyl (C=O) groups excluding carboxylic acids is 8. The summed E-state index contributed by atoms with van der Waals surface area (Å²) in [7, 11) is 0. The fraction of sp³-hybridized carbons (Fsp3) is 0.265. The summed E-state index contributed by atoms with van der Waals surface area (Å²) in [6.45, 7) is 0.591. The molecular weight excluding hydrogens is 934 g/mol. The molecule has 2 aromatic heterocycles. The van der Waals surface area contributed by atoms with Crippen LogP contribution in [0.1, 0.15) is 73.0 Å². The average molecular weight is 978 g/mol. The van der Waals surface area contributed by atoms with Crippen LogP contribution in [0.25, 0.3) is 22.2 Å². The van der Waals surface area contributed by atoms with Gasteiger partial charge in [-0.05, 0) is 47.9 Å². The number of benzene rings is 4. The van der Waals surface area contributed by atoms with E-state index >= 15 is 0 Å². The number of carbonyl (C=O) groups is 8. The number of hydrogen-bond acceptors (Lipinski definition) is 15. The van der Waals surface area contributed by atoms with E-state index in [0.717, 1.165) is 4.90 Å². The number of hydrogen-bond donors (Lipinski definition) is 5. The topological polar surface area (TPSA) is 292 Å². The van der Waals surface area contributed by atoms with Crippen LogP contribution in [0.5, 0.6) is 0 Å². The Balaban J connectivity index is 0.681. The number of fused-ring (bicyclic) bond motifs is 2. The van der Waals surface area contributed by atoms with Crippen LogP contribution < -0.4 is 26.8 Å². The number of imide groups is 2. The zero-order chi connectivity index (χ0) is 50.5. The van der Waals surface area contributed by atoms with Gasteiger partial charge >= 0.3 is 0 Å². The van der Waals surface area contributed by atoms with E-state index in [1.165, 1.54) is 35.2 Å². The number of amides is 8. The third-order valence-electron chi connectivity index (χ3n) is 12.4. The fourth-order valence-corrected chi connectivity index (χ4v) is 8.68. The van der Waals surface area contributed by atoms with Gasteiger partial charge < -0.3 is 25.8 Å². The third kappa shape index (κ3) is 10.4. The van der Waals surface area contributed by atoms with Gasteiger partial charge in [-0.15, -0.1) is 20.4 Å². The maximum Gasteiger partial charge on any atom is 0.272 e. The predicted molar refractivity (Wildman–Crippen MR) is 252 cm³/mol. The van der Waals surface area contributed by atoms with Gasteiger partial charge in [0.25, 0.3) is 23.3 Å². The molecule has 0 radical (unpaired) electrons. The van der Waals surface area contributed by atoms with Crippen molar-refractivity contribution in [3.8, 4) is 11.4 Å². The first-order valence-electron chi connectivity index (χ1n) is 22.9. The molecule has 0 bridgehead atoms. The Hall–Kier alpha value is -9.15. The molecule has 3 aliphatic heterocycles. The number of rotatable bonds is 15. The first-order valence-corrected chi connectivity index (χ1v) is 22.9. The van der Waals surface area contributed by atoms with Crippen molar-refractivity contribution >= 4 is 63.7 Å². The normalized spacial score (nSPS) is 15.6. The van der Waals surface area contributed by atoms with Gasteiger partial charge in [0, 0.05) is 68.6 Å². The molecule has 4 aromatic carbocycles. The summed E-state index contributed by atoms with van der Waals surface area (Å²) >= 11 is 0. The van der Waals surface area contributed by atoms with Crippen molar-refractivity contribution in [3.63, 3.8) is 0 Å². The second kappa shape index (κ2) is 20.8. The van der Waals surface area contributed by atoms with Crippen LogP contribution in [0, 0.1) is 5.82 Å². The first kappa shape index (κ1) is 47.9. The molecule has 2 saturated heterocycles. The van der Waals surface area contributed by atoms with E-state index in [0.29, 0.717) is 33.2 Å². The molecule has 1 unspecified atom stereocenters. The van der Waals surface area contributed by atoms with Crippen molar-refractivity contribution < 1.29 is 42.7 Å². The van der Waals surface area contributed by atoms with Crippen LogP contribution in [0.4, 0.5) is 10.1 Å². The summed E-state index contributed by atoms with van der Waals surface area (Å²) in [4.78, 5) is 119. The SMILES string of the molecule is O=C(CNc1cccc2c1C(=O)N(C1CCC(=O)NC1=O)C2=O)NCc1nnc(-c2ccc(CC(=O)NCCC(=O)N3CCN(C(=O)c4cc(Cc5n[nH]c(=O)c6ccccc56)ccc4F)CC3)cc2)nn1. The minimum atomic E-state index is -1.13. The number of nitrogens with one attached hydrogen (secondary N) is 5. The van der Waals surface area contributed by atoms with Crippen molar-refractivity contribution in [2.75, 3.05) is 44.6 Å². The van der Waals surface area contributed by atoms with Crippen molar-refractivity contribution in [2.24, 2.45) is 0 Å². The molecule has 2 fully saturated rings. The highest BCUT2D eigenvalue weighted by Crippen LogP contribution is 2.32. The number of piperidine rings is 1. The van der Waals surface area contributed by atoms with E-state index in [1.54, 1.807) is 59.5 Å². The molecule has 23 heteroatoms. The Kier molecular flexibility index (Phi) is 13.9. The molecule has 0 saturated carbocycles. The van der Waals surface area contributed by atoms with Gasteiger partial charge in [-0.1, -0.05) is 54.6 Å². The quantitative estimate of drug-likeness (QED) is 0.0900. The Labute approximate surface area is 407 Å². The summed E-state index contributed by atoms with van der Waals surface area (Å²) < 4.78 is 15.0. The van der Waals surface area contributed by atoms with Gasteiger partial charge in [-0.3, -0.25) is 53.4 Å². The monoisotopic (exact) mass is 977 g/mol. The van der Waals surface area contributed by atoms with E-state index in [-0.39, 0.29) is 129 Å². The zero-order valence-electron chi connectivity index (χ0n) is 38.3. The van der Waals surface area contributed by atoms with Crippen LogP contribution in [-0.2, 0) is 43.4 Å². The number of H-pyrrole nitrogens is 1.